The molecular weight excluding hydrogens is 324 g/mol. The van der Waals surface area contributed by atoms with Gasteiger partial charge in [0.2, 0.25) is 0 Å². The van der Waals surface area contributed by atoms with Gasteiger partial charge < -0.3 is 9.47 Å². The monoisotopic (exact) mass is 356 g/mol. The Kier molecular flexibility index (Phi) is 5.35. The van der Waals surface area contributed by atoms with Crippen LogP contribution in [-0.4, -0.2) is 25.3 Å². The summed E-state index contributed by atoms with van der Waals surface area (Å²) >= 11 is 0. The van der Waals surface area contributed by atoms with E-state index >= 15 is 0 Å². The molecule has 1 saturated heterocycles. The molecule has 142 valence electrons. The summed E-state index contributed by atoms with van der Waals surface area (Å²) < 4.78 is 11.4. The molecule has 0 amide bonds. The van der Waals surface area contributed by atoms with Crippen LogP contribution in [0, 0.1) is 5.41 Å². The molecule has 1 heterocycles. The van der Waals surface area contributed by atoms with Gasteiger partial charge in [-0.05, 0) is 67.6 Å². The van der Waals surface area contributed by atoms with E-state index in [-0.39, 0.29) is 11.4 Å². The minimum atomic E-state index is 0.000990. The fourth-order valence-corrected chi connectivity index (χ4v) is 5.17. The number of hydrogen-bond donors (Lipinski definition) is 0. The van der Waals surface area contributed by atoms with E-state index in [4.69, 9.17) is 9.47 Å². The van der Waals surface area contributed by atoms with Gasteiger partial charge in [0, 0.05) is 12.0 Å². The van der Waals surface area contributed by atoms with Gasteiger partial charge in [-0.3, -0.25) is 4.79 Å². The Morgan fingerprint density at radius 3 is 2.96 bits per heavy atom. The van der Waals surface area contributed by atoms with Gasteiger partial charge in [0.15, 0.2) is 0 Å². The Morgan fingerprint density at radius 1 is 1.23 bits per heavy atom. The predicted octanol–water partition coefficient (Wildman–Crippen LogP) is 4.95. The Bertz CT molecular complexity index is 653. The number of carbonyl (C=O) groups is 1. The second-order valence-electron chi connectivity index (χ2n) is 8.75. The molecule has 1 aromatic carbocycles. The third kappa shape index (κ3) is 3.83. The SMILES string of the molecule is CCCCCOC1CCc2cc([C@H]3CC[C@]4(COC(=O)C4)C3)ccc2C1. The summed E-state index contributed by atoms with van der Waals surface area (Å²) in [6.45, 7) is 3.79. The van der Waals surface area contributed by atoms with E-state index in [2.05, 4.69) is 25.1 Å². The molecular formula is C23H32O3. The van der Waals surface area contributed by atoms with Crippen molar-refractivity contribution in [2.75, 3.05) is 13.2 Å². The first kappa shape index (κ1) is 18.0. The van der Waals surface area contributed by atoms with Crippen LogP contribution in [0.5, 0.6) is 0 Å². The molecule has 3 heteroatoms. The van der Waals surface area contributed by atoms with E-state index in [0.29, 0.717) is 25.0 Å². The largest absolute Gasteiger partial charge is 0.465 e. The number of aryl methyl sites for hydroxylation is 1. The van der Waals surface area contributed by atoms with Crippen molar-refractivity contribution in [2.45, 2.75) is 83.2 Å². The second kappa shape index (κ2) is 7.72. The van der Waals surface area contributed by atoms with Crippen LogP contribution >= 0.6 is 0 Å². The molecule has 1 saturated carbocycles. The van der Waals surface area contributed by atoms with Gasteiger partial charge in [-0.25, -0.2) is 0 Å². The molecule has 1 unspecified atom stereocenters. The Morgan fingerprint density at radius 2 is 2.15 bits per heavy atom. The van der Waals surface area contributed by atoms with Crippen molar-refractivity contribution < 1.29 is 14.3 Å². The summed E-state index contributed by atoms with van der Waals surface area (Å²) in [5.41, 5.74) is 4.61. The first-order valence-corrected chi connectivity index (χ1v) is 10.6. The standard InChI is InChI=1S/C23H32O3/c1-2-3-4-11-25-21-8-7-17-12-18(5-6-19(17)13-21)20-9-10-23(14-20)15-22(24)26-16-23/h5-6,12,20-21H,2-4,7-11,13-16H2,1H3/t20-,21?,23-/m0/s1. The van der Waals surface area contributed by atoms with Crippen molar-refractivity contribution in [1.29, 1.82) is 0 Å². The molecule has 3 nitrogen and oxygen atoms in total. The highest BCUT2D eigenvalue weighted by atomic mass is 16.5. The average molecular weight is 357 g/mol. The maximum Gasteiger partial charge on any atom is 0.306 e. The molecule has 1 aromatic rings. The van der Waals surface area contributed by atoms with Crippen molar-refractivity contribution in [3.8, 4) is 0 Å². The Labute approximate surface area is 157 Å². The smallest absolute Gasteiger partial charge is 0.306 e. The van der Waals surface area contributed by atoms with Gasteiger partial charge in [0.1, 0.15) is 0 Å². The molecule has 2 aliphatic carbocycles. The van der Waals surface area contributed by atoms with Crippen LogP contribution in [0.1, 0.15) is 80.9 Å². The van der Waals surface area contributed by atoms with Gasteiger partial charge in [-0.15, -0.1) is 0 Å². The first-order valence-electron chi connectivity index (χ1n) is 10.6. The number of esters is 1. The van der Waals surface area contributed by atoms with Crippen LogP contribution in [0.3, 0.4) is 0 Å². The minimum absolute atomic E-state index is 0.000990. The van der Waals surface area contributed by atoms with E-state index in [0.717, 1.165) is 38.7 Å². The van der Waals surface area contributed by atoms with Crippen LogP contribution < -0.4 is 0 Å². The molecule has 1 spiro atoms. The zero-order chi connectivity index (χ0) is 18.0. The van der Waals surface area contributed by atoms with E-state index in [9.17, 15) is 4.79 Å². The molecule has 0 N–H and O–H groups in total. The van der Waals surface area contributed by atoms with Crippen LogP contribution in [0.25, 0.3) is 0 Å². The van der Waals surface area contributed by atoms with Gasteiger partial charge >= 0.3 is 5.97 Å². The Hall–Kier alpha value is -1.35. The number of benzene rings is 1. The zero-order valence-corrected chi connectivity index (χ0v) is 16.1. The molecule has 0 bridgehead atoms. The van der Waals surface area contributed by atoms with Crippen molar-refractivity contribution in [3.63, 3.8) is 0 Å². The summed E-state index contributed by atoms with van der Waals surface area (Å²) in [5.74, 6) is 0.596. The van der Waals surface area contributed by atoms with Gasteiger partial charge in [-0.2, -0.15) is 0 Å². The number of rotatable bonds is 6. The number of ether oxygens (including phenoxy) is 2. The number of carbonyl (C=O) groups excluding carboxylic acids is 1. The van der Waals surface area contributed by atoms with Crippen molar-refractivity contribution in [2.24, 2.45) is 5.41 Å². The molecule has 4 rings (SSSR count). The molecule has 0 aromatic heterocycles. The summed E-state index contributed by atoms with van der Waals surface area (Å²) in [7, 11) is 0. The van der Waals surface area contributed by atoms with Gasteiger partial charge in [0.05, 0.1) is 19.1 Å². The quantitative estimate of drug-likeness (QED) is 0.534. The van der Waals surface area contributed by atoms with Crippen molar-refractivity contribution >= 4 is 5.97 Å². The van der Waals surface area contributed by atoms with Crippen molar-refractivity contribution in [1.82, 2.24) is 0 Å². The highest BCUT2D eigenvalue weighted by Crippen LogP contribution is 2.51. The topological polar surface area (TPSA) is 35.5 Å². The molecule has 2 fully saturated rings. The maximum atomic E-state index is 11.5. The fourth-order valence-electron chi connectivity index (χ4n) is 5.17. The predicted molar refractivity (Wildman–Crippen MR) is 102 cm³/mol. The molecule has 0 radical (unpaired) electrons. The highest BCUT2D eigenvalue weighted by Gasteiger charge is 2.46. The molecule has 1 aliphatic heterocycles. The van der Waals surface area contributed by atoms with E-state index in [1.165, 1.54) is 42.4 Å². The third-order valence-electron chi connectivity index (χ3n) is 6.75. The van der Waals surface area contributed by atoms with E-state index in [1.807, 2.05) is 0 Å². The molecule has 3 aliphatic rings. The number of fused-ring (bicyclic) bond motifs is 1. The second-order valence-corrected chi connectivity index (χ2v) is 8.75. The van der Waals surface area contributed by atoms with Gasteiger partial charge in [0.25, 0.3) is 0 Å². The van der Waals surface area contributed by atoms with E-state index < -0.39 is 0 Å². The number of cyclic esters (lactones) is 1. The molecule has 26 heavy (non-hydrogen) atoms. The van der Waals surface area contributed by atoms with Crippen LogP contribution in [-0.2, 0) is 27.1 Å². The lowest BCUT2D eigenvalue weighted by Gasteiger charge is -2.26. The molecule has 3 atom stereocenters. The maximum absolute atomic E-state index is 11.5. The van der Waals surface area contributed by atoms with Crippen LogP contribution in [0.2, 0.25) is 0 Å². The van der Waals surface area contributed by atoms with E-state index in [1.54, 1.807) is 0 Å². The van der Waals surface area contributed by atoms with Crippen LogP contribution in [0.15, 0.2) is 18.2 Å². The first-order chi connectivity index (χ1) is 12.7. The summed E-state index contributed by atoms with van der Waals surface area (Å²) in [4.78, 5) is 11.5. The lowest BCUT2D eigenvalue weighted by molar-refractivity contribution is -0.137. The lowest BCUT2D eigenvalue weighted by Crippen LogP contribution is -2.23. The highest BCUT2D eigenvalue weighted by molar-refractivity contribution is 5.72. The summed E-state index contributed by atoms with van der Waals surface area (Å²) in [5, 5.41) is 0. The normalized spacial score (nSPS) is 30.6. The lowest BCUT2D eigenvalue weighted by atomic mass is 9.82. The van der Waals surface area contributed by atoms with Crippen molar-refractivity contribution in [3.05, 3.63) is 34.9 Å². The van der Waals surface area contributed by atoms with Crippen LogP contribution in [0.4, 0.5) is 0 Å². The fraction of sp³-hybridized carbons (Fsp3) is 0.696. The number of unbranched alkanes of at least 4 members (excludes halogenated alkanes) is 2. The Balaban J connectivity index is 1.36. The average Bonchev–Trinajstić information content (AvgIpc) is 3.24. The summed E-state index contributed by atoms with van der Waals surface area (Å²) in [6, 6.07) is 7.12. The minimum Gasteiger partial charge on any atom is -0.465 e. The third-order valence-corrected chi connectivity index (χ3v) is 6.75. The summed E-state index contributed by atoms with van der Waals surface area (Å²) in [6.07, 6.45) is 11.5. The number of hydrogen-bond acceptors (Lipinski definition) is 3. The van der Waals surface area contributed by atoms with Gasteiger partial charge in [-0.1, -0.05) is 38.0 Å². The zero-order valence-electron chi connectivity index (χ0n) is 16.1.